The monoisotopic (exact) mass is 394 g/mol. The van der Waals surface area contributed by atoms with Crippen LogP contribution in [0.4, 0.5) is 13.2 Å². The van der Waals surface area contributed by atoms with Gasteiger partial charge in [0.25, 0.3) is 0 Å². The molecule has 29 heavy (non-hydrogen) atoms. The Bertz CT molecular complexity index is 1390. The van der Waals surface area contributed by atoms with Crippen LogP contribution in [0.1, 0.15) is 0 Å². The molecular formula is C21H13F3N4O. The van der Waals surface area contributed by atoms with Crippen LogP contribution < -0.4 is 4.74 Å². The molecule has 5 aromatic rings. The number of rotatable bonds is 3. The molecule has 0 spiro atoms. The molecule has 0 aliphatic rings. The lowest BCUT2D eigenvalue weighted by molar-refractivity contribution is 0.347. The van der Waals surface area contributed by atoms with Gasteiger partial charge in [0.15, 0.2) is 23.2 Å². The number of fused-ring (bicyclic) bond motifs is 2. The van der Waals surface area contributed by atoms with Crippen LogP contribution in [-0.2, 0) is 0 Å². The molecule has 0 saturated heterocycles. The Morgan fingerprint density at radius 3 is 2.59 bits per heavy atom. The topological polar surface area (TPSA) is 66.6 Å². The van der Waals surface area contributed by atoms with Gasteiger partial charge in [0.1, 0.15) is 5.69 Å². The maximum absolute atomic E-state index is 14.6. The molecule has 0 atom stereocenters. The first-order valence-corrected chi connectivity index (χ1v) is 8.72. The molecule has 0 unspecified atom stereocenters. The van der Waals surface area contributed by atoms with E-state index >= 15 is 0 Å². The van der Waals surface area contributed by atoms with Crippen molar-refractivity contribution in [1.29, 1.82) is 0 Å². The lowest BCUT2D eigenvalue weighted by Crippen LogP contribution is -1.99. The van der Waals surface area contributed by atoms with Crippen molar-refractivity contribution in [1.82, 2.24) is 20.2 Å². The third-order valence-corrected chi connectivity index (χ3v) is 4.81. The zero-order valence-corrected chi connectivity index (χ0v) is 15.1. The van der Waals surface area contributed by atoms with E-state index in [0.717, 1.165) is 24.1 Å². The van der Waals surface area contributed by atoms with Gasteiger partial charge in [-0.05, 0) is 29.8 Å². The fraction of sp³-hybridized carbons (Fsp3) is 0.0476. The minimum Gasteiger partial charge on any atom is -0.491 e. The van der Waals surface area contributed by atoms with Crippen LogP contribution in [0.15, 0.2) is 48.5 Å². The minimum absolute atomic E-state index is 0.107. The Labute approximate surface area is 162 Å². The summed E-state index contributed by atoms with van der Waals surface area (Å²) in [6.07, 6.45) is 0. The molecule has 144 valence electrons. The molecule has 0 aliphatic heterocycles. The molecule has 0 bridgehead atoms. The third-order valence-electron chi connectivity index (χ3n) is 4.81. The van der Waals surface area contributed by atoms with E-state index in [9.17, 15) is 13.2 Å². The summed E-state index contributed by atoms with van der Waals surface area (Å²) in [5.74, 6) is -3.73. The normalized spacial score (nSPS) is 11.4. The summed E-state index contributed by atoms with van der Waals surface area (Å²) in [6.45, 7) is 0. The van der Waals surface area contributed by atoms with Gasteiger partial charge in [-0.1, -0.05) is 24.3 Å². The Morgan fingerprint density at radius 1 is 0.931 bits per heavy atom. The van der Waals surface area contributed by atoms with Crippen molar-refractivity contribution < 1.29 is 17.9 Å². The molecule has 5 nitrogen and oxygen atoms in total. The van der Waals surface area contributed by atoms with E-state index in [0.29, 0.717) is 28.1 Å². The highest BCUT2D eigenvalue weighted by molar-refractivity contribution is 5.93. The van der Waals surface area contributed by atoms with Crippen molar-refractivity contribution in [3.05, 3.63) is 66.0 Å². The van der Waals surface area contributed by atoms with Gasteiger partial charge in [0.2, 0.25) is 5.82 Å². The number of H-pyrrole nitrogens is 2. The van der Waals surface area contributed by atoms with E-state index in [4.69, 9.17) is 0 Å². The molecule has 2 N–H and O–H groups in total. The predicted molar refractivity (Wildman–Crippen MR) is 103 cm³/mol. The van der Waals surface area contributed by atoms with Crippen LogP contribution in [0.3, 0.4) is 0 Å². The number of nitrogens with zero attached hydrogens (tertiary/aromatic N) is 2. The van der Waals surface area contributed by atoms with Crippen molar-refractivity contribution >= 4 is 21.9 Å². The van der Waals surface area contributed by atoms with E-state index in [1.807, 2.05) is 24.3 Å². The number of halogens is 3. The lowest BCUT2D eigenvalue weighted by Gasteiger charge is -2.09. The molecule has 2 heterocycles. The van der Waals surface area contributed by atoms with Crippen molar-refractivity contribution in [2.75, 3.05) is 7.11 Å². The summed E-state index contributed by atoms with van der Waals surface area (Å²) >= 11 is 0. The lowest BCUT2D eigenvalue weighted by atomic mass is 10.0. The fourth-order valence-corrected chi connectivity index (χ4v) is 3.40. The number of ether oxygens (including phenoxy) is 1. The number of para-hydroxylation sites is 1. The van der Waals surface area contributed by atoms with E-state index in [1.165, 1.54) is 0 Å². The number of hydrogen-bond donors (Lipinski definition) is 2. The highest BCUT2D eigenvalue weighted by Crippen LogP contribution is 2.35. The van der Waals surface area contributed by atoms with E-state index < -0.39 is 23.2 Å². The number of imidazole rings is 1. The van der Waals surface area contributed by atoms with Crippen LogP contribution in [-0.4, -0.2) is 27.3 Å². The minimum atomic E-state index is -1.36. The predicted octanol–water partition coefficient (Wildman–Crippen LogP) is 5.20. The summed E-state index contributed by atoms with van der Waals surface area (Å²) < 4.78 is 46.9. The molecule has 0 radical (unpaired) electrons. The SMILES string of the molecule is COc1c(F)c(F)cc(-c2ccc3nc(-c4n[nH]c5ccccc45)[nH]c3c2)c1F. The third kappa shape index (κ3) is 2.64. The van der Waals surface area contributed by atoms with Gasteiger partial charge in [-0.2, -0.15) is 9.49 Å². The highest BCUT2D eigenvalue weighted by Gasteiger charge is 2.21. The second-order valence-corrected chi connectivity index (χ2v) is 6.50. The van der Waals surface area contributed by atoms with Gasteiger partial charge in [-0.3, -0.25) is 5.10 Å². The molecule has 0 fully saturated rings. The smallest absolute Gasteiger partial charge is 0.203 e. The first-order chi connectivity index (χ1) is 14.1. The van der Waals surface area contributed by atoms with Gasteiger partial charge < -0.3 is 9.72 Å². The van der Waals surface area contributed by atoms with E-state index in [-0.39, 0.29) is 5.56 Å². The average Bonchev–Trinajstić information content (AvgIpc) is 3.34. The Balaban J connectivity index is 1.65. The zero-order valence-electron chi connectivity index (χ0n) is 15.1. The summed E-state index contributed by atoms with van der Waals surface area (Å²) in [6, 6.07) is 13.3. The Morgan fingerprint density at radius 2 is 1.76 bits per heavy atom. The summed E-state index contributed by atoms with van der Waals surface area (Å²) in [5, 5.41) is 8.17. The first kappa shape index (κ1) is 17.3. The fourth-order valence-electron chi connectivity index (χ4n) is 3.40. The maximum Gasteiger partial charge on any atom is 0.203 e. The van der Waals surface area contributed by atoms with Gasteiger partial charge in [0, 0.05) is 10.9 Å². The molecule has 3 aromatic carbocycles. The quantitative estimate of drug-likeness (QED) is 0.414. The summed E-state index contributed by atoms with van der Waals surface area (Å²) in [4.78, 5) is 7.70. The highest BCUT2D eigenvalue weighted by atomic mass is 19.2. The van der Waals surface area contributed by atoms with Gasteiger partial charge in [-0.15, -0.1) is 0 Å². The second kappa shape index (κ2) is 6.37. The number of aromatic amines is 2. The summed E-state index contributed by atoms with van der Waals surface area (Å²) in [7, 11) is 1.09. The Hall–Kier alpha value is -3.81. The van der Waals surface area contributed by atoms with E-state index in [1.54, 1.807) is 18.2 Å². The Kier molecular flexibility index (Phi) is 3.80. The van der Waals surface area contributed by atoms with E-state index in [2.05, 4.69) is 24.9 Å². The number of methoxy groups -OCH3 is 1. The van der Waals surface area contributed by atoms with Crippen LogP contribution in [0.2, 0.25) is 0 Å². The van der Waals surface area contributed by atoms with Crippen LogP contribution in [0.25, 0.3) is 44.6 Å². The van der Waals surface area contributed by atoms with Crippen molar-refractivity contribution in [2.45, 2.75) is 0 Å². The van der Waals surface area contributed by atoms with Crippen LogP contribution in [0.5, 0.6) is 5.75 Å². The standard InChI is InChI=1S/C21H13F3N4O/c1-29-20-17(23)12(9-13(22)18(20)24)10-6-7-15-16(8-10)26-21(25-15)19-11-4-2-3-5-14(11)27-28-19/h2-9H,1H3,(H,25,26)(H,27,28). The molecular weight excluding hydrogens is 381 g/mol. The summed E-state index contributed by atoms with van der Waals surface area (Å²) in [5.41, 5.74) is 3.01. The molecule has 8 heteroatoms. The zero-order chi connectivity index (χ0) is 20.1. The van der Waals surface area contributed by atoms with Crippen LogP contribution in [0, 0.1) is 17.5 Å². The van der Waals surface area contributed by atoms with Crippen molar-refractivity contribution in [3.63, 3.8) is 0 Å². The molecule has 0 amide bonds. The van der Waals surface area contributed by atoms with Crippen LogP contribution >= 0.6 is 0 Å². The second-order valence-electron chi connectivity index (χ2n) is 6.50. The van der Waals surface area contributed by atoms with Gasteiger partial charge >= 0.3 is 0 Å². The number of nitrogens with one attached hydrogen (secondary N) is 2. The molecule has 0 saturated carbocycles. The van der Waals surface area contributed by atoms with Gasteiger partial charge in [0.05, 0.1) is 23.7 Å². The number of benzene rings is 3. The van der Waals surface area contributed by atoms with Crippen molar-refractivity contribution in [2.24, 2.45) is 0 Å². The number of aromatic nitrogens is 4. The maximum atomic E-state index is 14.6. The molecule has 2 aromatic heterocycles. The largest absolute Gasteiger partial charge is 0.491 e. The van der Waals surface area contributed by atoms with Crippen molar-refractivity contribution in [3.8, 4) is 28.4 Å². The average molecular weight is 394 g/mol. The first-order valence-electron chi connectivity index (χ1n) is 8.72. The number of hydrogen-bond acceptors (Lipinski definition) is 3. The molecule has 5 rings (SSSR count). The van der Waals surface area contributed by atoms with Gasteiger partial charge in [-0.25, -0.2) is 13.8 Å². The molecule has 0 aliphatic carbocycles.